The number of hydrogen-bond acceptors (Lipinski definition) is 7. The maximum atomic E-state index is 5.30. The van der Waals surface area contributed by atoms with Crippen molar-refractivity contribution in [2.45, 2.75) is 0 Å². The van der Waals surface area contributed by atoms with Gasteiger partial charge in [-0.25, -0.2) is 11.8 Å². The standard InChI is InChI=1S/C8H20N2O4S/c9-13-4-3-11-1-2-12-5-7-15-8-6-14-10/h1-10H2. The third-order valence-corrected chi connectivity index (χ3v) is 2.35. The van der Waals surface area contributed by atoms with Crippen LogP contribution >= 0.6 is 11.8 Å². The molecule has 0 heterocycles. The molecule has 6 nitrogen and oxygen atoms in total. The third kappa shape index (κ3) is 14.1. The van der Waals surface area contributed by atoms with Gasteiger partial charge in [0.2, 0.25) is 0 Å². The fourth-order valence-corrected chi connectivity index (χ4v) is 1.41. The summed E-state index contributed by atoms with van der Waals surface area (Å²) in [6.07, 6.45) is 0. The van der Waals surface area contributed by atoms with Gasteiger partial charge in [0.15, 0.2) is 0 Å². The molecule has 0 aromatic rings. The van der Waals surface area contributed by atoms with Crippen LogP contribution in [0.1, 0.15) is 0 Å². The number of ether oxygens (including phenoxy) is 2. The lowest BCUT2D eigenvalue weighted by Crippen LogP contribution is -2.12. The highest BCUT2D eigenvalue weighted by Crippen LogP contribution is 1.98. The molecule has 0 spiro atoms. The number of hydrogen-bond donors (Lipinski definition) is 2. The summed E-state index contributed by atoms with van der Waals surface area (Å²) in [6, 6.07) is 0. The molecule has 0 amide bonds. The highest BCUT2D eigenvalue weighted by molar-refractivity contribution is 7.99. The van der Waals surface area contributed by atoms with Crippen LogP contribution in [0.2, 0.25) is 0 Å². The molecule has 0 radical (unpaired) electrons. The second-order valence-corrected chi connectivity index (χ2v) is 3.80. The molecule has 0 atom stereocenters. The molecule has 0 bridgehead atoms. The molecule has 0 rings (SSSR count). The van der Waals surface area contributed by atoms with Gasteiger partial charge in [-0.1, -0.05) is 0 Å². The Hall–Kier alpha value is 0.110. The van der Waals surface area contributed by atoms with Crippen molar-refractivity contribution in [3.63, 3.8) is 0 Å². The minimum absolute atomic E-state index is 0.412. The highest BCUT2D eigenvalue weighted by atomic mass is 32.2. The smallest absolute Gasteiger partial charge is 0.0913 e. The number of thioether (sulfide) groups is 1. The fourth-order valence-electron chi connectivity index (χ4n) is 0.756. The predicted octanol–water partition coefficient (Wildman–Crippen LogP) is -0.467. The van der Waals surface area contributed by atoms with Crippen molar-refractivity contribution in [1.82, 2.24) is 0 Å². The molecule has 0 aromatic carbocycles. The summed E-state index contributed by atoms with van der Waals surface area (Å²) in [5.41, 5.74) is 0. The molecular formula is C8H20N2O4S. The number of nitrogens with two attached hydrogens (primary N) is 2. The van der Waals surface area contributed by atoms with Gasteiger partial charge < -0.3 is 19.1 Å². The Morgan fingerprint density at radius 3 is 1.87 bits per heavy atom. The van der Waals surface area contributed by atoms with Gasteiger partial charge in [0, 0.05) is 11.5 Å². The first-order valence-electron chi connectivity index (χ1n) is 4.78. The van der Waals surface area contributed by atoms with E-state index in [2.05, 4.69) is 9.68 Å². The van der Waals surface area contributed by atoms with Crippen LogP contribution in [0.5, 0.6) is 0 Å². The Labute approximate surface area is 94.5 Å². The van der Waals surface area contributed by atoms with Crippen molar-refractivity contribution in [2.24, 2.45) is 11.8 Å². The molecule has 0 aliphatic rings. The average molecular weight is 240 g/mol. The second kappa shape index (κ2) is 14.1. The molecule has 0 saturated carbocycles. The van der Waals surface area contributed by atoms with E-state index in [1.165, 1.54) is 0 Å². The SMILES string of the molecule is NOCCOCCOCCSCCON. The Kier molecular flexibility index (Phi) is 14.2. The molecule has 0 aliphatic heterocycles. The zero-order valence-corrected chi connectivity index (χ0v) is 9.67. The van der Waals surface area contributed by atoms with Crippen LogP contribution in [0.25, 0.3) is 0 Å². The summed E-state index contributed by atoms with van der Waals surface area (Å²) in [7, 11) is 0. The first kappa shape index (κ1) is 15.1. The van der Waals surface area contributed by atoms with Gasteiger partial charge in [0.1, 0.15) is 0 Å². The minimum atomic E-state index is 0.412. The first-order valence-corrected chi connectivity index (χ1v) is 5.94. The summed E-state index contributed by atoms with van der Waals surface area (Å²) < 4.78 is 10.4. The Balaban J connectivity index is 2.81. The van der Waals surface area contributed by atoms with Gasteiger partial charge in [-0.05, 0) is 0 Å². The van der Waals surface area contributed by atoms with Crippen LogP contribution in [-0.2, 0) is 19.1 Å². The molecule has 15 heavy (non-hydrogen) atoms. The monoisotopic (exact) mass is 240 g/mol. The van der Waals surface area contributed by atoms with Gasteiger partial charge in [0.25, 0.3) is 0 Å². The van der Waals surface area contributed by atoms with E-state index in [4.69, 9.17) is 21.3 Å². The van der Waals surface area contributed by atoms with Gasteiger partial charge >= 0.3 is 0 Å². The van der Waals surface area contributed by atoms with E-state index in [1.807, 2.05) is 0 Å². The van der Waals surface area contributed by atoms with Gasteiger partial charge in [-0.3, -0.25) is 0 Å². The van der Waals surface area contributed by atoms with Crippen LogP contribution in [0.4, 0.5) is 0 Å². The van der Waals surface area contributed by atoms with Crippen LogP contribution in [-0.4, -0.2) is 51.1 Å². The topological polar surface area (TPSA) is 89.0 Å². The summed E-state index contributed by atoms with van der Waals surface area (Å²) in [5.74, 6) is 11.5. The Morgan fingerprint density at radius 2 is 1.20 bits per heavy atom. The van der Waals surface area contributed by atoms with Crippen molar-refractivity contribution < 1.29 is 19.1 Å². The lowest BCUT2D eigenvalue weighted by Gasteiger charge is -2.05. The summed E-state index contributed by atoms with van der Waals surface area (Å²) in [5, 5.41) is 0. The van der Waals surface area contributed by atoms with Gasteiger partial charge in [0.05, 0.1) is 39.6 Å². The minimum Gasteiger partial charge on any atom is -0.378 e. The van der Waals surface area contributed by atoms with Crippen LogP contribution in [0.15, 0.2) is 0 Å². The van der Waals surface area contributed by atoms with Crippen molar-refractivity contribution in [1.29, 1.82) is 0 Å². The zero-order valence-electron chi connectivity index (χ0n) is 8.85. The van der Waals surface area contributed by atoms with Crippen molar-refractivity contribution in [3.8, 4) is 0 Å². The van der Waals surface area contributed by atoms with Crippen molar-refractivity contribution >= 4 is 11.8 Å². The average Bonchev–Trinajstić information content (AvgIpc) is 2.26. The molecular weight excluding hydrogens is 220 g/mol. The zero-order chi connectivity index (χ0) is 11.2. The normalized spacial score (nSPS) is 10.8. The molecule has 0 aliphatic carbocycles. The molecule has 92 valence electrons. The van der Waals surface area contributed by atoms with E-state index in [9.17, 15) is 0 Å². The second-order valence-electron chi connectivity index (χ2n) is 2.58. The maximum Gasteiger partial charge on any atom is 0.0913 e. The summed E-state index contributed by atoms with van der Waals surface area (Å²) in [6.45, 7) is 3.37. The molecule has 0 fully saturated rings. The quantitative estimate of drug-likeness (QED) is 0.352. The van der Waals surface area contributed by atoms with Crippen LogP contribution in [0, 0.1) is 0 Å². The third-order valence-electron chi connectivity index (χ3n) is 1.44. The molecule has 0 aromatic heterocycles. The summed E-state index contributed by atoms with van der Waals surface area (Å²) in [4.78, 5) is 8.75. The number of rotatable bonds is 12. The molecule has 7 heteroatoms. The Morgan fingerprint density at radius 1 is 0.667 bits per heavy atom. The van der Waals surface area contributed by atoms with E-state index in [0.29, 0.717) is 39.6 Å². The Bertz CT molecular complexity index is 109. The molecule has 0 unspecified atom stereocenters. The van der Waals surface area contributed by atoms with Crippen molar-refractivity contribution in [2.75, 3.05) is 51.1 Å². The van der Waals surface area contributed by atoms with E-state index in [0.717, 1.165) is 11.5 Å². The van der Waals surface area contributed by atoms with Gasteiger partial charge in [-0.2, -0.15) is 11.8 Å². The predicted molar refractivity (Wildman–Crippen MR) is 59.2 cm³/mol. The van der Waals surface area contributed by atoms with E-state index < -0.39 is 0 Å². The van der Waals surface area contributed by atoms with Crippen molar-refractivity contribution in [3.05, 3.63) is 0 Å². The van der Waals surface area contributed by atoms with Crippen LogP contribution in [0.3, 0.4) is 0 Å². The first-order chi connectivity index (χ1) is 7.41. The highest BCUT2D eigenvalue weighted by Gasteiger charge is 1.91. The van der Waals surface area contributed by atoms with E-state index in [-0.39, 0.29) is 0 Å². The van der Waals surface area contributed by atoms with E-state index in [1.54, 1.807) is 11.8 Å². The largest absolute Gasteiger partial charge is 0.378 e. The fraction of sp³-hybridized carbons (Fsp3) is 1.00. The lowest BCUT2D eigenvalue weighted by molar-refractivity contribution is 0.0171. The molecule has 0 saturated heterocycles. The maximum absolute atomic E-state index is 5.30. The summed E-state index contributed by atoms with van der Waals surface area (Å²) >= 11 is 1.74. The molecule has 4 N–H and O–H groups in total. The van der Waals surface area contributed by atoms with Gasteiger partial charge in [-0.15, -0.1) is 0 Å². The lowest BCUT2D eigenvalue weighted by atomic mass is 10.7. The van der Waals surface area contributed by atoms with Crippen LogP contribution < -0.4 is 11.8 Å². The van der Waals surface area contributed by atoms with E-state index >= 15 is 0 Å².